The maximum atomic E-state index is 13.4. The highest BCUT2D eigenvalue weighted by Gasteiger charge is 2.05. The molecule has 1 amide bonds. The monoisotopic (exact) mass is 299 g/mol. The van der Waals surface area contributed by atoms with Crippen LogP contribution in [0.1, 0.15) is 19.4 Å². The second-order valence-corrected chi connectivity index (χ2v) is 4.43. The normalized spacial score (nSPS) is 10.8. The zero-order chi connectivity index (χ0) is 12.8. The van der Waals surface area contributed by atoms with Gasteiger partial charge in [-0.2, -0.15) is 0 Å². The van der Waals surface area contributed by atoms with E-state index < -0.39 is 0 Å². The number of nitrogens with zero attached hydrogens (tertiary/aromatic N) is 1. The molecule has 0 spiro atoms. The molecule has 0 aliphatic heterocycles. The van der Waals surface area contributed by atoms with Crippen LogP contribution in [0.25, 0.3) is 6.08 Å². The van der Waals surface area contributed by atoms with Crippen molar-refractivity contribution in [1.29, 1.82) is 0 Å². The number of halogens is 2. The van der Waals surface area contributed by atoms with Gasteiger partial charge >= 0.3 is 0 Å². The molecule has 1 aromatic carbocycles. The van der Waals surface area contributed by atoms with Gasteiger partial charge in [-0.05, 0) is 38.1 Å². The van der Waals surface area contributed by atoms with Crippen molar-refractivity contribution in [3.8, 4) is 0 Å². The van der Waals surface area contributed by atoms with Crippen LogP contribution in [0, 0.1) is 5.82 Å². The highest BCUT2D eigenvalue weighted by atomic mass is 79.9. The summed E-state index contributed by atoms with van der Waals surface area (Å²) in [7, 11) is 0. The highest BCUT2D eigenvalue weighted by Crippen LogP contribution is 2.16. The first-order chi connectivity index (χ1) is 8.08. The van der Waals surface area contributed by atoms with Crippen molar-refractivity contribution in [3.63, 3.8) is 0 Å². The van der Waals surface area contributed by atoms with Gasteiger partial charge in [0.15, 0.2) is 0 Å². The average Bonchev–Trinajstić information content (AvgIpc) is 2.32. The van der Waals surface area contributed by atoms with Gasteiger partial charge in [-0.25, -0.2) is 4.39 Å². The van der Waals surface area contributed by atoms with E-state index in [1.165, 1.54) is 18.2 Å². The van der Waals surface area contributed by atoms with E-state index in [2.05, 4.69) is 15.9 Å². The molecule has 0 atom stereocenters. The van der Waals surface area contributed by atoms with Crippen LogP contribution in [0.4, 0.5) is 4.39 Å². The molecule has 2 nitrogen and oxygen atoms in total. The SMILES string of the molecule is CCN(CC)C(=O)/C=C/c1cc(Br)ccc1F. The number of likely N-dealkylation sites (N-methyl/N-ethyl adjacent to an activating group) is 1. The number of carbonyl (C=O) groups is 1. The molecule has 0 aromatic heterocycles. The van der Waals surface area contributed by atoms with E-state index in [0.717, 1.165) is 4.47 Å². The first kappa shape index (κ1) is 13.9. The van der Waals surface area contributed by atoms with Gasteiger partial charge in [-0.3, -0.25) is 4.79 Å². The summed E-state index contributed by atoms with van der Waals surface area (Å²) in [4.78, 5) is 13.4. The second-order valence-electron chi connectivity index (χ2n) is 3.51. The smallest absolute Gasteiger partial charge is 0.246 e. The van der Waals surface area contributed by atoms with Crippen molar-refractivity contribution < 1.29 is 9.18 Å². The van der Waals surface area contributed by atoms with Crippen LogP contribution in [-0.4, -0.2) is 23.9 Å². The Hall–Kier alpha value is -1.16. The fourth-order valence-corrected chi connectivity index (χ4v) is 1.82. The molecule has 0 aliphatic carbocycles. The minimum atomic E-state index is -0.336. The van der Waals surface area contributed by atoms with E-state index in [9.17, 15) is 9.18 Å². The fraction of sp³-hybridized carbons (Fsp3) is 0.308. The van der Waals surface area contributed by atoms with Crippen LogP contribution in [0.5, 0.6) is 0 Å². The van der Waals surface area contributed by atoms with Crippen LogP contribution in [-0.2, 0) is 4.79 Å². The molecule has 0 unspecified atom stereocenters. The van der Waals surface area contributed by atoms with Gasteiger partial charge in [0.25, 0.3) is 0 Å². The summed E-state index contributed by atoms with van der Waals surface area (Å²) in [6.45, 7) is 5.13. The Bertz CT molecular complexity index is 427. The Kier molecular flexibility index (Phi) is 5.35. The Morgan fingerprint density at radius 1 is 1.41 bits per heavy atom. The minimum absolute atomic E-state index is 0.102. The molecule has 1 aromatic rings. The topological polar surface area (TPSA) is 20.3 Å². The van der Waals surface area contributed by atoms with Gasteiger partial charge in [0.05, 0.1) is 0 Å². The Morgan fingerprint density at radius 3 is 2.65 bits per heavy atom. The van der Waals surface area contributed by atoms with Crippen molar-refractivity contribution in [1.82, 2.24) is 4.90 Å². The van der Waals surface area contributed by atoms with Crippen molar-refractivity contribution in [3.05, 3.63) is 40.1 Å². The van der Waals surface area contributed by atoms with E-state index in [1.807, 2.05) is 13.8 Å². The van der Waals surface area contributed by atoms with Gasteiger partial charge in [0, 0.05) is 29.2 Å². The zero-order valence-electron chi connectivity index (χ0n) is 9.91. The van der Waals surface area contributed by atoms with Crippen molar-refractivity contribution in [2.75, 3.05) is 13.1 Å². The summed E-state index contributed by atoms with van der Waals surface area (Å²) in [6, 6.07) is 4.63. The molecule has 0 aliphatic rings. The molecule has 0 fully saturated rings. The van der Waals surface area contributed by atoms with Gasteiger partial charge in [0.1, 0.15) is 5.82 Å². The predicted molar refractivity (Wildman–Crippen MR) is 71.1 cm³/mol. The number of benzene rings is 1. The lowest BCUT2D eigenvalue weighted by atomic mass is 10.2. The maximum absolute atomic E-state index is 13.4. The van der Waals surface area contributed by atoms with Crippen LogP contribution in [0.3, 0.4) is 0 Å². The van der Waals surface area contributed by atoms with Gasteiger partial charge in [-0.1, -0.05) is 15.9 Å². The van der Waals surface area contributed by atoms with E-state index in [-0.39, 0.29) is 11.7 Å². The van der Waals surface area contributed by atoms with E-state index in [4.69, 9.17) is 0 Å². The Labute approximate surface area is 109 Å². The lowest BCUT2D eigenvalue weighted by Gasteiger charge is -2.15. The number of rotatable bonds is 4. The van der Waals surface area contributed by atoms with Crippen molar-refractivity contribution in [2.45, 2.75) is 13.8 Å². The maximum Gasteiger partial charge on any atom is 0.246 e. The third-order valence-electron chi connectivity index (χ3n) is 2.44. The van der Waals surface area contributed by atoms with Gasteiger partial charge in [0.2, 0.25) is 5.91 Å². The molecule has 0 radical (unpaired) electrons. The van der Waals surface area contributed by atoms with Crippen LogP contribution >= 0.6 is 15.9 Å². The minimum Gasteiger partial charge on any atom is -0.340 e. The molecular weight excluding hydrogens is 285 g/mol. The predicted octanol–water partition coefficient (Wildman–Crippen LogP) is 3.47. The third kappa shape index (κ3) is 3.97. The first-order valence-corrected chi connectivity index (χ1v) is 6.29. The molecule has 0 saturated heterocycles. The highest BCUT2D eigenvalue weighted by molar-refractivity contribution is 9.10. The lowest BCUT2D eigenvalue weighted by molar-refractivity contribution is -0.125. The van der Waals surface area contributed by atoms with Crippen LogP contribution in [0.2, 0.25) is 0 Å². The molecule has 0 bridgehead atoms. The summed E-state index contributed by atoms with van der Waals surface area (Å²) in [5.74, 6) is -0.439. The molecule has 0 saturated carbocycles. The van der Waals surface area contributed by atoms with Gasteiger partial charge in [-0.15, -0.1) is 0 Å². The number of hydrogen-bond acceptors (Lipinski definition) is 1. The quantitative estimate of drug-likeness (QED) is 0.780. The third-order valence-corrected chi connectivity index (χ3v) is 2.93. The standard InChI is InChI=1S/C13H15BrFNO/c1-3-16(4-2)13(17)8-5-10-9-11(14)6-7-12(10)15/h5-9H,3-4H2,1-2H3/b8-5+. The number of carbonyl (C=O) groups excluding carboxylic acids is 1. The average molecular weight is 300 g/mol. The summed E-state index contributed by atoms with van der Waals surface area (Å²) in [6.07, 6.45) is 2.90. The molecule has 1 rings (SSSR count). The van der Waals surface area contributed by atoms with Crippen LogP contribution < -0.4 is 0 Å². The molecule has 0 N–H and O–H groups in total. The molecule has 0 heterocycles. The lowest BCUT2D eigenvalue weighted by Crippen LogP contribution is -2.28. The molecule has 4 heteroatoms. The van der Waals surface area contributed by atoms with Crippen LogP contribution in [0.15, 0.2) is 28.7 Å². The molecule has 17 heavy (non-hydrogen) atoms. The van der Waals surface area contributed by atoms with Gasteiger partial charge < -0.3 is 4.90 Å². The van der Waals surface area contributed by atoms with E-state index >= 15 is 0 Å². The zero-order valence-corrected chi connectivity index (χ0v) is 11.5. The summed E-state index contributed by atoms with van der Waals surface area (Å²) in [5, 5.41) is 0. The largest absolute Gasteiger partial charge is 0.340 e. The summed E-state index contributed by atoms with van der Waals surface area (Å²) in [5.41, 5.74) is 0.403. The van der Waals surface area contributed by atoms with Crippen molar-refractivity contribution in [2.24, 2.45) is 0 Å². The number of hydrogen-bond donors (Lipinski definition) is 0. The summed E-state index contributed by atoms with van der Waals surface area (Å²) >= 11 is 3.26. The molecule has 92 valence electrons. The Balaban J connectivity index is 2.83. The number of amides is 1. The summed E-state index contributed by atoms with van der Waals surface area (Å²) < 4.78 is 14.2. The van der Waals surface area contributed by atoms with E-state index in [1.54, 1.807) is 17.0 Å². The fourth-order valence-electron chi connectivity index (χ4n) is 1.44. The Morgan fingerprint density at radius 2 is 2.06 bits per heavy atom. The van der Waals surface area contributed by atoms with Crippen molar-refractivity contribution >= 4 is 27.9 Å². The molecular formula is C13H15BrFNO. The first-order valence-electron chi connectivity index (χ1n) is 5.50. The van der Waals surface area contributed by atoms with E-state index in [0.29, 0.717) is 18.7 Å². The second kappa shape index (κ2) is 6.55.